The number of nitrogens with zero attached hydrogens (tertiary/aromatic N) is 1. The van der Waals surface area contributed by atoms with Crippen LogP contribution in [0.25, 0.3) is 0 Å². The summed E-state index contributed by atoms with van der Waals surface area (Å²) in [5, 5.41) is 9.02. The lowest BCUT2D eigenvalue weighted by Gasteiger charge is -2.37. The van der Waals surface area contributed by atoms with E-state index in [2.05, 4.69) is 0 Å². The number of halogens is 2. The minimum Gasteiger partial charge on any atom is -0.394 e. The number of carbonyl (C=O) groups is 1. The first-order valence-corrected chi connectivity index (χ1v) is 6.39. The first-order valence-electron chi connectivity index (χ1n) is 6.01. The molecule has 0 aliphatic carbocycles. The van der Waals surface area contributed by atoms with Crippen LogP contribution in [0.4, 0.5) is 4.39 Å². The molecular weight excluding hydrogens is 273 g/mol. The second-order valence-electron chi connectivity index (χ2n) is 4.57. The lowest BCUT2D eigenvalue weighted by molar-refractivity contribution is -0.0667. The van der Waals surface area contributed by atoms with Crippen LogP contribution in [0.2, 0.25) is 5.02 Å². The van der Waals surface area contributed by atoms with E-state index < -0.39 is 5.82 Å². The van der Waals surface area contributed by atoms with E-state index in [-0.39, 0.29) is 29.7 Å². The molecule has 0 unspecified atom stereocenters. The van der Waals surface area contributed by atoms with Crippen molar-refractivity contribution in [1.29, 1.82) is 0 Å². The van der Waals surface area contributed by atoms with E-state index >= 15 is 0 Å². The number of carbonyl (C=O) groups excluding carboxylic acids is 1. The summed E-state index contributed by atoms with van der Waals surface area (Å²) < 4.78 is 18.5. The molecule has 1 N–H and O–H groups in total. The number of hydrogen-bond acceptors (Lipinski definition) is 3. The van der Waals surface area contributed by atoms with Crippen LogP contribution in [0, 0.1) is 5.82 Å². The predicted molar refractivity (Wildman–Crippen MR) is 68.7 cm³/mol. The highest BCUT2D eigenvalue weighted by Gasteiger charge is 2.30. The zero-order valence-corrected chi connectivity index (χ0v) is 11.2. The Balaban J connectivity index is 2.19. The van der Waals surface area contributed by atoms with Crippen LogP contribution in [-0.2, 0) is 4.74 Å². The molecule has 1 amide bonds. The fourth-order valence-corrected chi connectivity index (χ4v) is 2.19. The van der Waals surface area contributed by atoms with Gasteiger partial charge in [-0.2, -0.15) is 0 Å². The molecule has 4 nitrogen and oxygen atoms in total. The fourth-order valence-electron chi connectivity index (χ4n) is 2.01. The Morgan fingerprint density at radius 2 is 2.37 bits per heavy atom. The lowest BCUT2D eigenvalue weighted by Crippen LogP contribution is -2.52. The van der Waals surface area contributed by atoms with Gasteiger partial charge >= 0.3 is 0 Å². The average molecular weight is 288 g/mol. The monoisotopic (exact) mass is 287 g/mol. The third-order valence-corrected chi connectivity index (χ3v) is 3.43. The van der Waals surface area contributed by atoms with Gasteiger partial charge in [0.25, 0.3) is 5.91 Å². The predicted octanol–water partition coefficient (Wildman–Crippen LogP) is 1.70. The van der Waals surface area contributed by atoms with Crippen molar-refractivity contribution in [2.45, 2.75) is 19.1 Å². The standard InChI is InChI=1S/C13H15ClFNO3/c1-8-7-19-10(6-17)5-16(8)13(18)9-2-3-12(15)11(14)4-9/h2-4,8,10,17H,5-7H2,1H3/t8-,10+/m0/s1. The molecule has 0 bridgehead atoms. The number of ether oxygens (including phenoxy) is 1. The topological polar surface area (TPSA) is 49.8 Å². The van der Waals surface area contributed by atoms with Gasteiger partial charge in [-0.25, -0.2) is 4.39 Å². The second kappa shape index (κ2) is 5.86. The van der Waals surface area contributed by atoms with Gasteiger partial charge in [-0.15, -0.1) is 0 Å². The smallest absolute Gasteiger partial charge is 0.254 e. The van der Waals surface area contributed by atoms with Gasteiger partial charge in [0.15, 0.2) is 0 Å². The van der Waals surface area contributed by atoms with Crippen molar-refractivity contribution >= 4 is 17.5 Å². The molecule has 1 aliphatic rings. The van der Waals surface area contributed by atoms with Crippen LogP contribution in [0.3, 0.4) is 0 Å². The number of morpholine rings is 1. The highest BCUT2D eigenvalue weighted by atomic mass is 35.5. The lowest BCUT2D eigenvalue weighted by atomic mass is 10.1. The van der Waals surface area contributed by atoms with Gasteiger partial charge < -0.3 is 14.7 Å². The molecule has 6 heteroatoms. The van der Waals surface area contributed by atoms with Crippen molar-refractivity contribution in [2.75, 3.05) is 19.8 Å². The molecule has 0 aromatic heterocycles. The summed E-state index contributed by atoms with van der Waals surface area (Å²) >= 11 is 5.68. The highest BCUT2D eigenvalue weighted by molar-refractivity contribution is 6.31. The first kappa shape index (κ1) is 14.2. The van der Waals surface area contributed by atoms with Crippen LogP contribution < -0.4 is 0 Å². The molecule has 2 rings (SSSR count). The van der Waals surface area contributed by atoms with E-state index in [1.54, 1.807) is 4.90 Å². The molecule has 1 fully saturated rings. The molecule has 19 heavy (non-hydrogen) atoms. The van der Waals surface area contributed by atoms with Crippen molar-refractivity contribution in [3.05, 3.63) is 34.6 Å². The molecule has 2 atom stereocenters. The maximum Gasteiger partial charge on any atom is 0.254 e. The molecule has 1 heterocycles. The first-order chi connectivity index (χ1) is 9.02. The van der Waals surface area contributed by atoms with E-state index in [4.69, 9.17) is 21.4 Å². The van der Waals surface area contributed by atoms with Gasteiger partial charge in [-0.3, -0.25) is 4.79 Å². The average Bonchev–Trinajstić information content (AvgIpc) is 2.41. The van der Waals surface area contributed by atoms with Gasteiger partial charge in [0, 0.05) is 12.1 Å². The quantitative estimate of drug-likeness (QED) is 0.901. The van der Waals surface area contributed by atoms with Crippen LogP contribution in [0.15, 0.2) is 18.2 Å². The van der Waals surface area contributed by atoms with Crippen molar-refractivity contribution in [1.82, 2.24) is 4.90 Å². The summed E-state index contributed by atoms with van der Waals surface area (Å²) in [6.45, 7) is 2.40. The van der Waals surface area contributed by atoms with Gasteiger partial charge in [0.1, 0.15) is 5.82 Å². The minimum atomic E-state index is -0.554. The largest absolute Gasteiger partial charge is 0.394 e. The van der Waals surface area contributed by atoms with Crippen LogP contribution in [0.1, 0.15) is 17.3 Å². The van der Waals surface area contributed by atoms with Gasteiger partial charge in [0.05, 0.1) is 30.4 Å². The molecule has 0 saturated carbocycles. The van der Waals surface area contributed by atoms with Crippen LogP contribution in [-0.4, -0.2) is 47.8 Å². The van der Waals surface area contributed by atoms with E-state index in [0.29, 0.717) is 18.7 Å². The summed E-state index contributed by atoms with van der Waals surface area (Å²) in [4.78, 5) is 13.9. The number of aliphatic hydroxyl groups is 1. The highest BCUT2D eigenvalue weighted by Crippen LogP contribution is 2.20. The van der Waals surface area contributed by atoms with Gasteiger partial charge in [0.2, 0.25) is 0 Å². The molecule has 1 saturated heterocycles. The van der Waals surface area contributed by atoms with Crippen LogP contribution in [0.5, 0.6) is 0 Å². The van der Waals surface area contributed by atoms with Gasteiger partial charge in [-0.05, 0) is 25.1 Å². The molecular formula is C13H15ClFNO3. The molecule has 0 radical (unpaired) electrons. The third-order valence-electron chi connectivity index (χ3n) is 3.14. The molecule has 104 valence electrons. The minimum absolute atomic E-state index is 0.0783. The number of amides is 1. The Hall–Kier alpha value is -1.17. The zero-order chi connectivity index (χ0) is 14.0. The summed E-state index contributed by atoms with van der Waals surface area (Å²) in [5.41, 5.74) is 0.330. The van der Waals surface area contributed by atoms with Crippen molar-refractivity contribution in [3.63, 3.8) is 0 Å². The summed E-state index contributed by atoms with van der Waals surface area (Å²) in [7, 11) is 0. The third kappa shape index (κ3) is 3.05. The maximum atomic E-state index is 13.1. The summed E-state index contributed by atoms with van der Waals surface area (Å²) in [6, 6.07) is 3.79. The van der Waals surface area contributed by atoms with Crippen molar-refractivity contribution < 1.29 is 19.0 Å². The van der Waals surface area contributed by atoms with Crippen LogP contribution >= 0.6 is 11.6 Å². The molecule has 0 spiro atoms. The SMILES string of the molecule is C[C@H]1CO[C@@H](CO)CN1C(=O)c1ccc(F)c(Cl)c1. The maximum absolute atomic E-state index is 13.1. The Labute approximate surface area is 115 Å². The Morgan fingerprint density at radius 3 is 3.00 bits per heavy atom. The molecule has 1 aromatic carbocycles. The van der Waals surface area contributed by atoms with E-state index in [0.717, 1.165) is 0 Å². The van der Waals surface area contributed by atoms with E-state index in [1.165, 1.54) is 18.2 Å². The van der Waals surface area contributed by atoms with E-state index in [9.17, 15) is 9.18 Å². The Bertz CT molecular complexity index is 483. The summed E-state index contributed by atoms with van der Waals surface area (Å²) in [5.74, 6) is -0.794. The number of aliphatic hydroxyl groups excluding tert-OH is 1. The normalized spacial score (nSPS) is 23.5. The zero-order valence-electron chi connectivity index (χ0n) is 10.5. The Morgan fingerprint density at radius 1 is 1.63 bits per heavy atom. The number of rotatable bonds is 2. The summed E-state index contributed by atoms with van der Waals surface area (Å²) in [6.07, 6.45) is -0.379. The van der Waals surface area contributed by atoms with Crippen molar-refractivity contribution in [3.8, 4) is 0 Å². The van der Waals surface area contributed by atoms with Crippen molar-refractivity contribution in [2.24, 2.45) is 0 Å². The van der Waals surface area contributed by atoms with E-state index in [1.807, 2.05) is 6.92 Å². The van der Waals surface area contributed by atoms with Gasteiger partial charge in [-0.1, -0.05) is 11.6 Å². The number of hydrogen-bond donors (Lipinski definition) is 1. The second-order valence-corrected chi connectivity index (χ2v) is 4.98. The molecule has 1 aromatic rings. The number of benzene rings is 1. The molecule has 1 aliphatic heterocycles. The Kier molecular flexibility index (Phi) is 4.39. The fraction of sp³-hybridized carbons (Fsp3) is 0.462.